The van der Waals surface area contributed by atoms with Gasteiger partial charge in [0.15, 0.2) is 5.58 Å². The van der Waals surface area contributed by atoms with Crippen LogP contribution in [0, 0.1) is 5.82 Å². The van der Waals surface area contributed by atoms with Crippen molar-refractivity contribution in [1.82, 2.24) is 9.47 Å². The summed E-state index contributed by atoms with van der Waals surface area (Å²) in [5.41, 5.74) is 1.83. The van der Waals surface area contributed by atoms with Gasteiger partial charge in [0, 0.05) is 31.3 Å². The molecule has 0 spiro atoms. The van der Waals surface area contributed by atoms with Crippen molar-refractivity contribution in [3.8, 4) is 0 Å². The van der Waals surface area contributed by atoms with Crippen LogP contribution in [0.2, 0.25) is 0 Å². The van der Waals surface area contributed by atoms with Crippen molar-refractivity contribution in [2.75, 3.05) is 13.1 Å². The average molecular weight is 318 g/mol. The third-order valence-electron chi connectivity index (χ3n) is 4.13. The maximum Gasteiger partial charge on any atom is 0.420 e. The molecule has 0 unspecified atom stereocenters. The van der Waals surface area contributed by atoms with E-state index in [2.05, 4.69) is 0 Å². The summed E-state index contributed by atoms with van der Waals surface area (Å²) in [5, 5.41) is 0. The molecular formula is C17H19FN2O3. The number of piperidine rings is 1. The van der Waals surface area contributed by atoms with Crippen molar-refractivity contribution in [1.29, 1.82) is 0 Å². The van der Waals surface area contributed by atoms with E-state index in [9.17, 15) is 14.0 Å². The molecule has 0 saturated carbocycles. The molecule has 1 saturated heterocycles. The Kier molecular flexibility index (Phi) is 4.07. The molecule has 3 rings (SSSR count). The Labute approximate surface area is 133 Å². The summed E-state index contributed by atoms with van der Waals surface area (Å²) in [6.45, 7) is 4.91. The monoisotopic (exact) mass is 318 g/mol. The van der Waals surface area contributed by atoms with Crippen LogP contribution in [0.3, 0.4) is 0 Å². The third kappa shape index (κ3) is 3.06. The van der Waals surface area contributed by atoms with E-state index >= 15 is 0 Å². The molecular weight excluding hydrogens is 299 g/mol. The minimum Gasteiger partial charge on any atom is -0.408 e. The first-order valence-electron chi connectivity index (χ1n) is 7.70. The van der Waals surface area contributed by atoms with Gasteiger partial charge in [0.2, 0.25) is 5.91 Å². The van der Waals surface area contributed by atoms with Gasteiger partial charge < -0.3 is 9.32 Å². The normalized spacial score (nSPS) is 15.9. The van der Waals surface area contributed by atoms with Crippen LogP contribution < -0.4 is 5.76 Å². The van der Waals surface area contributed by atoms with E-state index in [1.54, 1.807) is 11.0 Å². The van der Waals surface area contributed by atoms with E-state index in [0.29, 0.717) is 37.0 Å². The summed E-state index contributed by atoms with van der Waals surface area (Å²) in [7, 11) is 0. The molecule has 0 N–H and O–H groups in total. The molecule has 1 aliphatic rings. The largest absolute Gasteiger partial charge is 0.420 e. The molecule has 23 heavy (non-hydrogen) atoms. The van der Waals surface area contributed by atoms with E-state index in [0.717, 1.165) is 5.57 Å². The zero-order valence-electron chi connectivity index (χ0n) is 13.2. The fourth-order valence-corrected chi connectivity index (χ4v) is 3.04. The first kappa shape index (κ1) is 15.5. The molecule has 1 aromatic heterocycles. The summed E-state index contributed by atoms with van der Waals surface area (Å²) < 4.78 is 20.2. The van der Waals surface area contributed by atoms with Crippen molar-refractivity contribution in [3.05, 3.63) is 46.2 Å². The molecule has 0 aliphatic carbocycles. The highest BCUT2D eigenvalue weighted by molar-refractivity contribution is 5.88. The Hall–Kier alpha value is -2.37. The number of hydrogen-bond acceptors (Lipinski definition) is 3. The van der Waals surface area contributed by atoms with Crippen LogP contribution in [0.15, 0.2) is 39.1 Å². The highest BCUT2D eigenvalue weighted by atomic mass is 19.1. The van der Waals surface area contributed by atoms with Gasteiger partial charge in [-0.15, -0.1) is 0 Å². The van der Waals surface area contributed by atoms with E-state index in [1.807, 2.05) is 13.8 Å². The Morgan fingerprint density at radius 1 is 1.30 bits per heavy atom. The molecule has 2 aromatic rings. The number of carbonyl (C=O) groups is 1. The highest BCUT2D eigenvalue weighted by Crippen LogP contribution is 2.26. The Morgan fingerprint density at radius 2 is 2.00 bits per heavy atom. The number of aromatic nitrogens is 1. The second-order valence-corrected chi connectivity index (χ2v) is 6.13. The lowest BCUT2D eigenvalue weighted by Crippen LogP contribution is -2.39. The van der Waals surface area contributed by atoms with Crippen LogP contribution in [0.5, 0.6) is 0 Å². The van der Waals surface area contributed by atoms with Gasteiger partial charge in [-0.2, -0.15) is 0 Å². The Bertz CT molecular complexity index is 822. The first-order valence-corrected chi connectivity index (χ1v) is 7.70. The molecule has 6 heteroatoms. The van der Waals surface area contributed by atoms with Crippen molar-refractivity contribution < 1.29 is 13.6 Å². The number of amides is 1. The molecule has 0 radical (unpaired) electrons. The van der Waals surface area contributed by atoms with Gasteiger partial charge in [0.25, 0.3) is 0 Å². The number of hydrogen-bond donors (Lipinski definition) is 0. The Balaban J connectivity index is 1.82. The summed E-state index contributed by atoms with van der Waals surface area (Å²) >= 11 is 0. The standard InChI is InChI=1S/C17H19FN2O3/c1-11(2)9-16(21)19-7-5-13(6-8-19)20-14-10-12(18)3-4-15(14)23-17(20)22/h3-4,9-10,13H,5-8H2,1-2H3. The summed E-state index contributed by atoms with van der Waals surface area (Å²) in [6.07, 6.45) is 2.91. The van der Waals surface area contributed by atoms with Crippen molar-refractivity contribution >= 4 is 17.0 Å². The fourth-order valence-electron chi connectivity index (χ4n) is 3.04. The molecule has 0 bridgehead atoms. The molecule has 122 valence electrons. The maximum absolute atomic E-state index is 13.5. The maximum atomic E-state index is 13.5. The molecule has 2 heterocycles. The molecule has 1 aromatic carbocycles. The number of oxazole rings is 1. The lowest BCUT2D eigenvalue weighted by molar-refractivity contribution is -0.127. The smallest absolute Gasteiger partial charge is 0.408 e. The fraction of sp³-hybridized carbons (Fsp3) is 0.412. The van der Waals surface area contributed by atoms with Gasteiger partial charge in [0.1, 0.15) is 5.82 Å². The Morgan fingerprint density at radius 3 is 2.65 bits per heavy atom. The number of fused-ring (bicyclic) bond motifs is 1. The summed E-state index contributed by atoms with van der Waals surface area (Å²) in [4.78, 5) is 25.9. The van der Waals surface area contributed by atoms with Gasteiger partial charge in [-0.1, -0.05) is 5.57 Å². The third-order valence-corrected chi connectivity index (χ3v) is 4.13. The molecule has 1 amide bonds. The number of carbonyl (C=O) groups excluding carboxylic acids is 1. The average Bonchev–Trinajstić information content (AvgIpc) is 2.82. The lowest BCUT2D eigenvalue weighted by Gasteiger charge is -2.31. The SMILES string of the molecule is CC(C)=CC(=O)N1CCC(n2c(=O)oc3ccc(F)cc32)CC1. The zero-order valence-corrected chi connectivity index (χ0v) is 13.2. The summed E-state index contributed by atoms with van der Waals surface area (Å²) in [5.74, 6) is -0.873. The van der Waals surface area contributed by atoms with Gasteiger partial charge in [-0.25, -0.2) is 9.18 Å². The van der Waals surface area contributed by atoms with Crippen LogP contribution in [-0.2, 0) is 4.79 Å². The van der Waals surface area contributed by atoms with Gasteiger partial charge in [-0.05, 0) is 38.8 Å². The van der Waals surface area contributed by atoms with Crippen LogP contribution >= 0.6 is 0 Å². The number of benzene rings is 1. The number of allylic oxidation sites excluding steroid dienone is 1. The topological polar surface area (TPSA) is 55.5 Å². The quantitative estimate of drug-likeness (QED) is 0.800. The molecule has 5 nitrogen and oxygen atoms in total. The second-order valence-electron chi connectivity index (χ2n) is 6.13. The van der Waals surface area contributed by atoms with Gasteiger partial charge in [0.05, 0.1) is 5.52 Å². The van der Waals surface area contributed by atoms with Crippen LogP contribution in [0.4, 0.5) is 4.39 Å². The number of halogens is 1. The van der Waals surface area contributed by atoms with E-state index in [4.69, 9.17) is 4.42 Å². The molecule has 1 aliphatic heterocycles. The first-order chi connectivity index (χ1) is 11.0. The van der Waals surface area contributed by atoms with Crippen LogP contribution in [0.25, 0.3) is 11.1 Å². The zero-order chi connectivity index (χ0) is 16.6. The van der Waals surface area contributed by atoms with Gasteiger partial charge >= 0.3 is 5.76 Å². The van der Waals surface area contributed by atoms with Crippen LogP contribution in [0.1, 0.15) is 32.7 Å². The number of rotatable bonds is 2. The van der Waals surface area contributed by atoms with Crippen molar-refractivity contribution in [2.45, 2.75) is 32.7 Å². The predicted octanol–water partition coefficient (Wildman–Crippen LogP) is 2.86. The van der Waals surface area contributed by atoms with E-state index < -0.39 is 11.6 Å². The van der Waals surface area contributed by atoms with Crippen molar-refractivity contribution in [3.63, 3.8) is 0 Å². The summed E-state index contributed by atoms with van der Waals surface area (Å²) in [6, 6.07) is 3.98. The second kappa shape index (κ2) is 6.02. The van der Waals surface area contributed by atoms with E-state index in [-0.39, 0.29) is 11.9 Å². The molecule has 0 atom stereocenters. The number of likely N-dealkylation sites (tertiary alicyclic amines) is 1. The molecule has 1 fully saturated rings. The van der Waals surface area contributed by atoms with Crippen molar-refractivity contribution in [2.24, 2.45) is 0 Å². The highest BCUT2D eigenvalue weighted by Gasteiger charge is 2.26. The minimum absolute atomic E-state index is 0.00102. The van der Waals surface area contributed by atoms with E-state index in [1.165, 1.54) is 22.8 Å². The van der Waals surface area contributed by atoms with Crippen LogP contribution in [-0.4, -0.2) is 28.5 Å². The lowest BCUT2D eigenvalue weighted by atomic mass is 10.0. The minimum atomic E-state index is -0.473. The van der Waals surface area contributed by atoms with Gasteiger partial charge in [-0.3, -0.25) is 9.36 Å². The predicted molar refractivity (Wildman–Crippen MR) is 84.7 cm³/mol. The number of nitrogens with zero attached hydrogens (tertiary/aromatic N) is 2.